The Labute approximate surface area is 134 Å². The van der Waals surface area contributed by atoms with Crippen LogP contribution in [0.25, 0.3) is 0 Å². The molecule has 0 aromatic carbocycles. The molecule has 0 radical (unpaired) electrons. The molecule has 22 heavy (non-hydrogen) atoms. The van der Waals surface area contributed by atoms with Gasteiger partial charge >= 0.3 is 5.97 Å². The van der Waals surface area contributed by atoms with Crippen LogP contribution < -0.4 is 0 Å². The number of allylic oxidation sites excluding steroid dienone is 1. The summed E-state index contributed by atoms with van der Waals surface area (Å²) < 4.78 is 31.7. The highest BCUT2D eigenvalue weighted by Crippen LogP contribution is 2.23. The maximum Gasteiger partial charge on any atom is 0.306 e. The molecule has 0 atom stereocenters. The van der Waals surface area contributed by atoms with E-state index in [2.05, 4.69) is 6.92 Å². The fourth-order valence-electron chi connectivity index (χ4n) is 2.18. The zero-order valence-corrected chi connectivity index (χ0v) is 14.2. The molecule has 0 saturated heterocycles. The SMILES string of the molecule is CCCCCCCCC(=O)OC/C=C\C(F)(F)CCCCC. The zero-order valence-electron chi connectivity index (χ0n) is 14.2. The van der Waals surface area contributed by atoms with Crippen molar-refractivity contribution < 1.29 is 18.3 Å². The third-order valence-electron chi connectivity index (χ3n) is 3.55. The Bertz CT molecular complexity index is 301. The molecule has 0 aliphatic rings. The van der Waals surface area contributed by atoms with Gasteiger partial charge in [0, 0.05) is 12.8 Å². The topological polar surface area (TPSA) is 26.3 Å². The van der Waals surface area contributed by atoms with Crippen molar-refractivity contribution in [2.45, 2.75) is 90.4 Å². The lowest BCUT2D eigenvalue weighted by atomic mass is 10.1. The van der Waals surface area contributed by atoms with E-state index in [1.54, 1.807) is 0 Å². The molecule has 0 saturated carbocycles. The van der Waals surface area contributed by atoms with Crippen molar-refractivity contribution in [1.82, 2.24) is 0 Å². The number of hydrogen-bond donors (Lipinski definition) is 0. The first kappa shape index (κ1) is 21.1. The van der Waals surface area contributed by atoms with E-state index in [9.17, 15) is 13.6 Å². The van der Waals surface area contributed by atoms with Crippen LogP contribution in [0.5, 0.6) is 0 Å². The smallest absolute Gasteiger partial charge is 0.306 e. The van der Waals surface area contributed by atoms with Gasteiger partial charge in [-0.25, -0.2) is 8.78 Å². The van der Waals surface area contributed by atoms with Crippen molar-refractivity contribution in [3.05, 3.63) is 12.2 Å². The van der Waals surface area contributed by atoms with E-state index >= 15 is 0 Å². The number of hydrogen-bond acceptors (Lipinski definition) is 2. The van der Waals surface area contributed by atoms with Gasteiger partial charge in [-0.1, -0.05) is 58.8 Å². The Kier molecular flexibility index (Phi) is 13.1. The van der Waals surface area contributed by atoms with E-state index < -0.39 is 5.92 Å². The Hall–Kier alpha value is -0.930. The van der Waals surface area contributed by atoms with Crippen LogP contribution in [-0.4, -0.2) is 18.5 Å². The maximum atomic E-state index is 13.4. The van der Waals surface area contributed by atoms with Crippen LogP contribution in [0.4, 0.5) is 8.78 Å². The van der Waals surface area contributed by atoms with E-state index in [-0.39, 0.29) is 19.0 Å². The second-order valence-corrected chi connectivity index (χ2v) is 5.82. The minimum Gasteiger partial charge on any atom is -0.461 e. The first-order chi connectivity index (χ1) is 10.5. The quantitative estimate of drug-likeness (QED) is 0.221. The van der Waals surface area contributed by atoms with Crippen LogP contribution in [0.3, 0.4) is 0 Å². The van der Waals surface area contributed by atoms with Gasteiger partial charge in [0.2, 0.25) is 0 Å². The van der Waals surface area contributed by atoms with Gasteiger partial charge in [0.05, 0.1) is 0 Å². The molecular formula is C18H32F2O2. The summed E-state index contributed by atoms with van der Waals surface area (Å²) in [5.74, 6) is -3.09. The second-order valence-electron chi connectivity index (χ2n) is 5.82. The van der Waals surface area contributed by atoms with Crippen molar-refractivity contribution in [2.75, 3.05) is 6.61 Å². The molecule has 0 fully saturated rings. The molecule has 0 bridgehead atoms. The van der Waals surface area contributed by atoms with Crippen LogP contribution in [0, 0.1) is 0 Å². The predicted octanol–water partition coefficient (Wildman–Crippen LogP) is 6.05. The van der Waals surface area contributed by atoms with Crippen LogP contribution >= 0.6 is 0 Å². The highest BCUT2D eigenvalue weighted by molar-refractivity contribution is 5.69. The molecule has 0 rings (SSSR count). The molecule has 130 valence electrons. The maximum absolute atomic E-state index is 13.4. The number of carbonyl (C=O) groups excluding carboxylic acids is 1. The first-order valence-electron chi connectivity index (χ1n) is 8.73. The number of halogens is 2. The van der Waals surface area contributed by atoms with Crippen LogP contribution in [0.1, 0.15) is 84.5 Å². The van der Waals surface area contributed by atoms with Gasteiger partial charge in [-0.2, -0.15) is 0 Å². The third kappa shape index (κ3) is 14.0. The van der Waals surface area contributed by atoms with Gasteiger partial charge in [0.25, 0.3) is 5.92 Å². The van der Waals surface area contributed by atoms with Gasteiger partial charge in [0.15, 0.2) is 0 Å². The Morgan fingerprint density at radius 2 is 1.55 bits per heavy atom. The first-order valence-corrected chi connectivity index (χ1v) is 8.73. The van der Waals surface area contributed by atoms with Gasteiger partial charge in [-0.15, -0.1) is 0 Å². The van der Waals surface area contributed by atoms with Crippen LogP contribution in [0.2, 0.25) is 0 Å². The fourth-order valence-corrected chi connectivity index (χ4v) is 2.18. The van der Waals surface area contributed by atoms with Gasteiger partial charge in [-0.3, -0.25) is 4.79 Å². The van der Waals surface area contributed by atoms with E-state index in [0.29, 0.717) is 12.8 Å². The van der Waals surface area contributed by atoms with Gasteiger partial charge < -0.3 is 4.74 Å². The molecule has 0 unspecified atom stereocenters. The van der Waals surface area contributed by atoms with Crippen molar-refractivity contribution in [3.63, 3.8) is 0 Å². The monoisotopic (exact) mass is 318 g/mol. The van der Waals surface area contributed by atoms with E-state index in [1.165, 1.54) is 25.3 Å². The summed E-state index contributed by atoms with van der Waals surface area (Å²) in [6.45, 7) is 4.09. The molecule has 0 heterocycles. The number of esters is 1. The summed E-state index contributed by atoms with van der Waals surface area (Å²) in [5, 5.41) is 0. The van der Waals surface area contributed by atoms with Crippen LogP contribution in [-0.2, 0) is 9.53 Å². The van der Waals surface area contributed by atoms with E-state index in [4.69, 9.17) is 4.74 Å². The lowest BCUT2D eigenvalue weighted by Crippen LogP contribution is -2.12. The summed E-state index contributed by atoms with van der Waals surface area (Å²) in [6.07, 6.45) is 11.3. The summed E-state index contributed by atoms with van der Waals surface area (Å²) in [5.41, 5.74) is 0. The average molecular weight is 318 g/mol. The van der Waals surface area contributed by atoms with Gasteiger partial charge in [0.1, 0.15) is 6.61 Å². The second kappa shape index (κ2) is 13.7. The molecule has 0 spiro atoms. The van der Waals surface area contributed by atoms with Gasteiger partial charge in [-0.05, 0) is 25.0 Å². The lowest BCUT2D eigenvalue weighted by molar-refractivity contribution is -0.142. The normalized spacial score (nSPS) is 12.0. The summed E-state index contributed by atoms with van der Waals surface area (Å²) >= 11 is 0. The molecule has 0 amide bonds. The third-order valence-corrected chi connectivity index (χ3v) is 3.55. The Morgan fingerprint density at radius 3 is 2.23 bits per heavy atom. The molecular weight excluding hydrogens is 286 g/mol. The number of alkyl halides is 2. The fraction of sp³-hybridized carbons (Fsp3) is 0.833. The number of ether oxygens (including phenoxy) is 1. The van der Waals surface area contributed by atoms with E-state index in [1.807, 2.05) is 6.92 Å². The highest BCUT2D eigenvalue weighted by Gasteiger charge is 2.23. The lowest BCUT2D eigenvalue weighted by Gasteiger charge is -2.11. The van der Waals surface area contributed by atoms with Crippen molar-refractivity contribution >= 4 is 5.97 Å². The van der Waals surface area contributed by atoms with Crippen molar-refractivity contribution in [3.8, 4) is 0 Å². The minimum atomic E-state index is -2.79. The Balaban J connectivity index is 3.63. The van der Waals surface area contributed by atoms with Crippen LogP contribution in [0.15, 0.2) is 12.2 Å². The summed E-state index contributed by atoms with van der Waals surface area (Å²) in [6, 6.07) is 0. The largest absolute Gasteiger partial charge is 0.461 e. The number of rotatable bonds is 14. The van der Waals surface area contributed by atoms with E-state index in [0.717, 1.165) is 38.2 Å². The molecule has 0 aliphatic carbocycles. The summed E-state index contributed by atoms with van der Waals surface area (Å²) in [4.78, 5) is 11.4. The highest BCUT2D eigenvalue weighted by atomic mass is 19.3. The molecule has 2 nitrogen and oxygen atoms in total. The van der Waals surface area contributed by atoms with Crippen molar-refractivity contribution in [1.29, 1.82) is 0 Å². The molecule has 0 aliphatic heterocycles. The van der Waals surface area contributed by atoms with Crippen molar-refractivity contribution in [2.24, 2.45) is 0 Å². The molecule has 0 aromatic heterocycles. The molecule has 0 aromatic rings. The predicted molar refractivity (Wildman–Crippen MR) is 87.2 cm³/mol. The summed E-state index contributed by atoms with van der Waals surface area (Å²) in [7, 11) is 0. The molecule has 4 heteroatoms. The number of unbranched alkanes of at least 4 members (excludes halogenated alkanes) is 7. The Morgan fingerprint density at radius 1 is 0.955 bits per heavy atom. The molecule has 0 N–H and O–H groups in total. The average Bonchev–Trinajstić information content (AvgIpc) is 2.47. The standard InChI is InChI=1S/C18H32F2O2/c1-3-5-7-8-9-10-13-17(21)22-16-12-15-18(19,20)14-11-6-4-2/h12,15H,3-11,13-14,16H2,1-2H3/b15-12-. The number of carbonyl (C=O) groups is 1. The minimum absolute atomic E-state index is 0.0575. The zero-order chi connectivity index (χ0) is 16.7.